The maximum Gasteiger partial charge on any atom is 0.263 e. The number of benzene rings is 2. The van der Waals surface area contributed by atoms with Crippen LogP contribution in [-0.2, 0) is 6.42 Å². The number of nitrogens with one attached hydrogen (secondary N) is 2. The van der Waals surface area contributed by atoms with Gasteiger partial charge in [0.1, 0.15) is 5.39 Å². The van der Waals surface area contributed by atoms with E-state index in [-0.39, 0.29) is 5.56 Å². The third-order valence-corrected chi connectivity index (χ3v) is 4.92. The van der Waals surface area contributed by atoms with Crippen molar-refractivity contribution in [1.29, 1.82) is 0 Å². The normalized spacial score (nSPS) is 15.5. The Kier molecular flexibility index (Phi) is 3.35. The van der Waals surface area contributed by atoms with Gasteiger partial charge >= 0.3 is 0 Å². The fraction of sp³-hybridized carbons (Fsp3) is 0.150. The number of para-hydroxylation sites is 1. The summed E-state index contributed by atoms with van der Waals surface area (Å²) >= 11 is 0. The summed E-state index contributed by atoms with van der Waals surface area (Å²) in [6.45, 7) is 0.741. The van der Waals surface area contributed by atoms with Gasteiger partial charge in [-0.2, -0.15) is 10.1 Å². The number of rotatable bonds is 4. The van der Waals surface area contributed by atoms with E-state index in [2.05, 4.69) is 44.6 Å². The van der Waals surface area contributed by atoms with Crippen LogP contribution in [0.3, 0.4) is 0 Å². The van der Waals surface area contributed by atoms with Crippen molar-refractivity contribution < 1.29 is 0 Å². The van der Waals surface area contributed by atoms with Gasteiger partial charge in [0.05, 0.1) is 11.9 Å². The van der Waals surface area contributed by atoms with Crippen LogP contribution in [0, 0.1) is 0 Å². The molecule has 1 atom stereocenters. The molecule has 4 aromatic rings. The van der Waals surface area contributed by atoms with Gasteiger partial charge in [0.2, 0.25) is 5.95 Å². The van der Waals surface area contributed by atoms with Crippen LogP contribution >= 0.6 is 0 Å². The van der Waals surface area contributed by atoms with Crippen LogP contribution in [0.1, 0.15) is 17.0 Å². The number of anilines is 1. The predicted molar refractivity (Wildman–Crippen MR) is 101 cm³/mol. The fourth-order valence-corrected chi connectivity index (χ4v) is 3.53. The number of hydrogen-bond acceptors (Lipinski definition) is 4. The SMILES string of the molecule is O=c1[nH]c(NCC2Cc3ccccc32)nc2c1cnn2-c1ccccc1. The predicted octanol–water partition coefficient (Wildman–Crippen LogP) is 2.86. The third kappa shape index (κ3) is 2.38. The molecule has 6 nitrogen and oxygen atoms in total. The lowest BCUT2D eigenvalue weighted by Crippen LogP contribution is -2.25. The van der Waals surface area contributed by atoms with E-state index < -0.39 is 0 Å². The molecule has 5 rings (SSSR count). The van der Waals surface area contributed by atoms with Gasteiger partial charge in [0, 0.05) is 12.5 Å². The summed E-state index contributed by atoms with van der Waals surface area (Å²) in [5.74, 6) is 0.927. The molecule has 0 spiro atoms. The van der Waals surface area contributed by atoms with Gasteiger partial charge in [-0.15, -0.1) is 0 Å². The van der Waals surface area contributed by atoms with Crippen LogP contribution in [0.25, 0.3) is 16.7 Å². The molecular formula is C20H17N5O. The molecule has 0 saturated carbocycles. The Bertz CT molecular complexity index is 1150. The third-order valence-electron chi connectivity index (χ3n) is 4.92. The minimum absolute atomic E-state index is 0.186. The zero-order valence-corrected chi connectivity index (χ0v) is 14.0. The van der Waals surface area contributed by atoms with Gasteiger partial charge in [-0.1, -0.05) is 42.5 Å². The second kappa shape index (κ2) is 5.84. The van der Waals surface area contributed by atoms with E-state index in [1.54, 1.807) is 10.9 Å². The lowest BCUT2D eigenvalue weighted by atomic mass is 9.78. The molecule has 2 aromatic carbocycles. The standard InChI is InChI=1S/C20H17N5O/c26-19-17-12-22-25(15-7-2-1-3-8-15)18(17)23-20(24-19)21-11-14-10-13-6-4-5-9-16(13)14/h1-9,12,14H,10-11H2,(H2,21,23,24,26). The molecule has 0 aliphatic heterocycles. The van der Waals surface area contributed by atoms with Crippen LogP contribution in [0.2, 0.25) is 0 Å². The number of fused-ring (bicyclic) bond motifs is 2. The Morgan fingerprint density at radius 2 is 1.92 bits per heavy atom. The Morgan fingerprint density at radius 1 is 1.12 bits per heavy atom. The van der Waals surface area contributed by atoms with Crippen molar-refractivity contribution in [2.24, 2.45) is 0 Å². The molecule has 2 heterocycles. The van der Waals surface area contributed by atoms with E-state index >= 15 is 0 Å². The molecule has 1 aliphatic rings. The summed E-state index contributed by atoms with van der Waals surface area (Å²) in [5, 5.41) is 8.09. The highest BCUT2D eigenvalue weighted by atomic mass is 16.1. The van der Waals surface area contributed by atoms with Crippen LogP contribution in [0.5, 0.6) is 0 Å². The maximum atomic E-state index is 12.4. The van der Waals surface area contributed by atoms with Crippen molar-refractivity contribution in [3.63, 3.8) is 0 Å². The largest absolute Gasteiger partial charge is 0.355 e. The van der Waals surface area contributed by atoms with Gasteiger partial charge in [0.15, 0.2) is 5.65 Å². The van der Waals surface area contributed by atoms with E-state index in [1.807, 2.05) is 30.3 Å². The van der Waals surface area contributed by atoms with E-state index in [9.17, 15) is 4.79 Å². The lowest BCUT2D eigenvalue weighted by Gasteiger charge is -2.30. The smallest absolute Gasteiger partial charge is 0.263 e. The second-order valence-corrected chi connectivity index (χ2v) is 6.52. The highest BCUT2D eigenvalue weighted by Crippen LogP contribution is 2.34. The van der Waals surface area contributed by atoms with Crippen molar-refractivity contribution in [3.8, 4) is 5.69 Å². The van der Waals surface area contributed by atoms with Crippen molar-refractivity contribution in [3.05, 3.63) is 82.3 Å². The topological polar surface area (TPSA) is 75.6 Å². The van der Waals surface area contributed by atoms with Gasteiger partial charge in [0.25, 0.3) is 5.56 Å². The number of nitrogens with zero attached hydrogens (tertiary/aromatic N) is 3. The zero-order valence-electron chi connectivity index (χ0n) is 14.0. The molecule has 2 aromatic heterocycles. The minimum atomic E-state index is -0.186. The summed E-state index contributed by atoms with van der Waals surface area (Å²) in [6, 6.07) is 18.1. The van der Waals surface area contributed by atoms with Gasteiger partial charge in [-0.3, -0.25) is 9.78 Å². The van der Waals surface area contributed by atoms with Crippen molar-refractivity contribution in [2.75, 3.05) is 11.9 Å². The van der Waals surface area contributed by atoms with E-state index in [4.69, 9.17) is 0 Å². The quantitative estimate of drug-likeness (QED) is 0.597. The highest BCUT2D eigenvalue weighted by molar-refractivity contribution is 5.76. The first kappa shape index (κ1) is 14.9. The lowest BCUT2D eigenvalue weighted by molar-refractivity contribution is 0.633. The average Bonchev–Trinajstić information content (AvgIpc) is 3.08. The molecule has 0 bridgehead atoms. The number of aromatic nitrogens is 4. The Labute approximate surface area is 149 Å². The van der Waals surface area contributed by atoms with Crippen molar-refractivity contribution in [2.45, 2.75) is 12.3 Å². The van der Waals surface area contributed by atoms with E-state index in [0.717, 1.165) is 18.7 Å². The van der Waals surface area contributed by atoms with E-state index in [1.165, 1.54) is 11.1 Å². The Balaban J connectivity index is 1.45. The van der Waals surface area contributed by atoms with E-state index in [0.29, 0.717) is 22.9 Å². The molecule has 0 radical (unpaired) electrons. The van der Waals surface area contributed by atoms with Crippen LogP contribution in [-0.4, -0.2) is 26.3 Å². The molecular weight excluding hydrogens is 326 g/mol. The number of H-pyrrole nitrogens is 1. The van der Waals surface area contributed by atoms with Crippen molar-refractivity contribution >= 4 is 17.0 Å². The molecule has 0 saturated heterocycles. The summed E-state index contributed by atoms with van der Waals surface area (Å²) in [4.78, 5) is 19.8. The molecule has 0 fully saturated rings. The monoisotopic (exact) mass is 343 g/mol. The first-order chi connectivity index (χ1) is 12.8. The first-order valence-electron chi connectivity index (χ1n) is 8.65. The van der Waals surface area contributed by atoms with Crippen LogP contribution in [0.15, 0.2) is 65.6 Å². The Morgan fingerprint density at radius 3 is 2.77 bits per heavy atom. The van der Waals surface area contributed by atoms with Gasteiger partial charge in [-0.05, 0) is 29.7 Å². The molecule has 1 aliphatic carbocycles. The number of aromatic amines is 1. The second-order valence-electron chi connectivity index (χ2n) is 6.52. The number of hydrogen-bond donors (Lipinski definition) is 2. The molecule has 1 unspecified atom stereocenters. The summed E-state index contributed by atoms with van der Waals surface area (Å²) in [6.07, 6.45) is 2.61. The van der Waals surface area contributed by atoms with Crippen molar-refractivity contribution in [1.82, 2.24) is 19.7 Å². The van der Waals surface area contributed by atoms with Crippen LogP contribution in [0.4, 0.5) is 5.95 Å². The van der Waals surface area contributed by atoms with Crippen LogP contribution < -0.4 is 10.9 Å². The maximum absolute atomic E-state index is 12.4. The molecule has 2 N–H and O–H groups in total. The molecule has 0 amide bonds. The molecule has 26 heavy (non-hydrogen) atoms. The summed E-state index contributed by atoms with van der Waals surface area (Å²) < 4.78 is 1.69. The zero-order chi connectivity index (χ0) is 17.5. The summed E-state index contributed by atoms with van der Waals surface area (Å²) in [5.41, 5.74) is 4.01. The Hall–Kier alpha value is -3.41. The highest BCUT2D eigenvalue weighted by Gasteiger charge is 2.25. The first-order valence-corrected chi connectivity index (χ1v) is 8.65. The molecule has 128 valence electrons. The fourth-order valence-electron chi connectivity index (χ4n) is 3.53. The summed E-state index contributed by atoms with van der Waals surface area (Å²) in [7, 11) is 0. The van der Waals surface area contributed by atoms with Gasteiger partial charge in [-0.25, -0.2) is 4.68 Å². The minimum Gasteiger partial charge on any atom is -0.355 e. The average molecular weight is 343 g/mol. The molecule has 6 heteroatoms. The van der Waals surface area contributed by atoms with Gasteiger partial charge < -0.3 is 5.32 Å².